The lowest BCUT2D eigenvalue weighted by molar-refractivity contribution is -1.08. The molecule has 0 radical (unpaired) electrons. The average molecular weight is 390 g/mol. The van der Waals surface area contributed by atoms with E-state index in [9.17, 15) is 9.59 Å². The van der Waals surface area contributed by atoms with Gasteiger partial charge in [0.05, 0.1) is 5.56 Å². The number of nitrogens with zero attached hydrogens (tertiary/aromatic N) is 2. The van der Waals surface area contributed by atoms with Crippen molar-refractivity contribution in [1.29, 1.82) is 0 Å². The summed E-state index contributed by atoms with van der Waals surface area (Å²) < 4.78 is 7.56. The third kappa shape index (κ3) is 4.55. The van der Waals surface area contributed by atoms with Gasteiger partial charge in [-0.2, -0.15) is 0 Å². The van der Waals surface area contributed by atoms with Crippen LogP contribution >= 0.6 is 0 Å². The normalized spacial score (nSPS) is 28.0. The molecule has 1 amide bonds. The van der Waals surface area contributed by atoms with E-state index in [4.69, 9.17) is 10.5 Å². The molecule has 0 saturated carbocycles. The Morgan fingerprint density at radius 3 is 2.18 bits per heavy atom. The summed E-state index contributed by atoms with van der Waals surface area (Å²) in [4.78, 5) is 24.0. The second-order valence-electron chi connectivity index (χ2n) is 9.92. The molecule has 0 aromatic heterocycles. The summed E-state index contributed by atoms with van der Waals surface area (Å²) in [6.45, 7) is 15.7. The molecule has 28 heavy (non-hydrogen) atoms. The maximum atomic E-state index is 12.6. The molecule has 2 bridgehead atoms. The minimum absolute atomic E-state index is 0.0804. The second-order valence-corrected chi connectivity index (χ2v) is 9.92. The fourth-order valence-electron chi connectivity index (χ4n) is 4.34. The van der Waals surface area contributed by atoms with Crippen LogP contribution in [0.3, 0.4) is 0 Å². The lowest BCUT2D eigenvalue weighted by Crippen LogP contribution is -2.75. The molecular weight excluding hydrogens is 354 g/mol. The minimum Gasteiger partial charge on any atom is -0.459 e. The zero-order valence-electron chi connectivity index (χ0n) is 17.7. The van der Waals surface area contributed by atoms with Crippen molar-refractivity contribution < 1.29 is 23.3 Å². The smallest absolute Gasteiger partial charge is 0.338 e. The van der Waals surface area contributed by atoms with Crippen molar-refractivity contribution >= 4 is 11.9 Å². The Kier molecular flexibility index (Phi) is 5.56. The van der Waals surface area contributed by atoms with Gasteiger partial charge in [-0.3, -0.25) is 4.79 Å². The molecular formula is C22H35N3O3+2. The highest BCUT2D eigenvalue weighted by molar-refractivity contribution is 5.89. The number of carbonyl (C=O) groups is 2. The molecule has 3 aliphatic rings. The Balaban J connectivity index is 1.66. The fourth-order valence-corrected chi connectivity index (χ4v) is 4.34. The lowest BCUT2D eigenvalue weighted by Gasteiger charge is -2.55. The number of hydrogen-bond acceptors (Lipinski definition) is 3. The number of fused-ring (bicyclic) bond motifs is 3. The molecule has 1 atom stereocenters. The first-order chi connectivity index (χ1) is 13.0. The molecule has 3 fully saturated rings. The third-order valence-electron chi connectivity index (χ3n) is 6.82. The standard InChI is InChI=1S/C22H34N3O3/c1-17(22(2,3)4)28-21(27)19-7-5-6-18(14-19)15-24-8-11-25(12-9-24,13-10-24)16-20(23)26/h5-7,14,17H,8-13,15-16H2,1-4H3,(H-,23,26)/q+1/p+1/t17-,24?,25?/m1/s1. The zero-order chi connectivity index (χ0) is 20.6. The van der Waals surface area contributed by atoms with E-state index in [0.717, 1.165) is 54.8 Å². The van der Waals surface area contributed by atoms with Gasteiger partial charge in [-0.15, -0.1) is 0 Å². The number of nitrogens with two attached hydrogens (primary N) is 1. The van der Waals surface area contributed by atoms with Crippen LogP contribution in [0.2, 0.25) is 0 Å². The van der Waals surface area contributed by atoms with Gasteiger partial charge in [0.25, 0.3) is 5.91 Å². The number of quaternary nitrogens is 2. The number of ether oxygens (including phenoxy) is 1. The Hall–Kier alpha value is -1.92. The minimum atomic E-state index is -0.251. The van der Waals surface area contributed by atoms with Crippen LogP contribution in [0.4, 0.5) is 0 Å². The molecule has 154 valence electrons. The molecule has 3 saturated heterocycles. The van der Waals surface area contributed by atoms with Gasteiger partial charge in [0.2, 0.25) is 0 Å². The van der Waals surface area contributed by atoms with Crippen molar-refractivity contribution in [3.63, 3.8) is 0 Å². The van der Waals surface area contributed by atoms with Gasteiger partial charge in [0, 0.05) is 5.56 Å². The van der Waals surface area contributed by atoms with Crippen LogP contribution in [0.25, 0.3) is 0 Å². The maximum absolute atomic E-state index is 12.6. The van der Waals surface area contributed by atoms with E-state index < -0.39 is 0 Å². The summed E-state index contributed by atoms with van der Waals surface area (Å²) in [7, 11) is 0. The first-order valence-corrected chi connectivity index (χ1v) is 10.3. The van der Waals surface area contributed by atoms with E-state index >= 15 is 0 Å². The van der Waals surface area contributed by atoms with Gasteiger partial charge in [-0.05, 0) is 24.5 Å². The second kappa shape index (κ2) is 7.48. The monoisotopic (exact) mass is 389 g/mol. The summed E-state index contributed by atoms with van der Waals surface area (Å²) in [6.07, 6.45) is -0.147. The molecule has 2 N–H and O–H groups in total. The molecule has 1 aromatic carbocycles. The lowest BCUT2D eigenvalue weighted by atomic mass is 9.90. The number of piperazine rings is 3. The molecule has 6 nitrogen and oxygen atoms in total. The van der Waals surface area contributed by atoms with Crippen molar-refractivity contribution in [2.45, 2.75) is 40.3 Å². The molecule has 0 aliphatic carbocycles. The summed E-state index contributed by atoms with van der Waals surface area (Å²) in [5.74, 6) is -0.448. The van der Waals surface area contributed by atoms with Crippen molar-refractivity contribution in [1.82, 2.24) is 0 Å². The predicted molar refractivity (Wildman–Crippen MR) is 108 cm³/mol. The van der Waals surface area contributed by atoms with Crippen molar-refractivity contribution in [3.05, 3.63) is 35.4 Å². The van der Waals surface area contributed by atoms with E-state index in [1.807, 2.05) is 25.1 Å². The van der Waals surface area contributed by atoms with Crippen LogP contribution in [0.5, 0.6) is 0 Å². The summed E-state index contributed by atoms with van der Waals surface area (Å²) in [6, 6.07) is 7.88. The summed E-state index contributed by atoms with van der Waals surface area (Å²) in [5, 5.41) is 0. The average Bonchev–Trinajstić information content (AvgIpc) is 2.62. The number of hydrogen-bond donors (Lipinski definition) is 1. The van der Waals surface area contributed by atoms with Crippen LogP contribution < -0.4 is 5.73 Å². The SMILES string of the molecule is C[C@@H](OC(=O)c1cccc(C[N+]23CC[N+](CC(N)=O)(CC2)CC3)c1)C(C)(C)C. The third-order valence-corrected chi connectivity index (χ3v) is 6.82. The number of rotatable bonds is 6. The number of amides is 1. The van der Waals surface area contributed by atoms with E-state index in [2.05, 4.69) is 26.8 Å². The van der Waals surface area contributed by atoms with Crippen molar-refractivity contribution in [2.24, 2.45) is 11.1 Å². The zero-order valence-corrected chi connectivity index (χ0v) is 17.7. The van der Waals surface area contributed by atoms with Crippen LogP contribution in [0.15, 0.2) is 24.3 Å². The van der Waals surface area contributed by atoms with Crippen molar-refractivity contribution in [2.75, 3.05) is 45.8 Å². The predicted octanol–water partition coefficient (Wildman–Crippen LogP) is 1.92. The molecule has 1 aromatic rings. The molecule has 4 rings (SSSR count). The van der Waals surface area contributed by atoms with Crippen LogP contribution in [-0.4, -0.2) is 72.8 Å². The number of benzene rings is 1. The van der Waals surface area contributed by atoms with E-state index in [1.54, 1.807) is 0 Å². The van der Waals surface area contributed by atoms with Crippen LogP contribution in [0.1, 0.15) is 43.6 Å². The highest BCUT2D eigenvalue weighted by atomic mass is 16.5. The first kappa shape index (κ1) is 20.8. The molecule has 6 heteroatoms. The Morgan fingerprint density at radius 1 is 1.07 bits per heavy atom. The highest BCUT2D eigenvalue weighted by Gasteiger charge is 2.49. The van der Waals surface area contributed by atoms with E-state index in [0.29, 0.717) is 12.1 Å². The topological polar surface area (TPSA) is 69.4 Å². The van der Waals surface area contributed by atoms with Crippen molar-refractivity contribution in [3.8, 4) is 0 Å². The fraction of sp³-hybridized carbons (Fsp3) is 0.636. The van der Waals surface area contributed by atoms with Gasteiger partial charge in [0.1, 0.15) is 51.9 Å². The summed E-state index contributed by atoms with van der Waals surface area (Å²) in [5.41, 5.74) is 7.18. The Labute approximate surface area is 168 Å². The van der Waals surface area contributed by atoms with Gasteiger partial charge >= 0.3 is 5.97 Å². The van der Waals surface area contributed by atoms with Gasteiger partial charge in [-0.25, -0.2) is 4.79 Å². The molecule has 0 spiro atoms. The molecule has 3 aliphatic heterocycles. The Bertz CT molecular complexity index is 729. The van der Waals surface area contributed by atoms with Crippen LogP contribution in [0, 0.1) is 5.41 Å². The van der Waals surface area contributed by atoms with Gasteiger partial charge in [-0.1, -0.05) is 32.9 Å². The highest BCUT2D eigenvalue weighted by Crippen LogP contribution is 2.29. The summed E-state index contributed by atoms with van der Waals surface area (Å²) >= 11 is 0. The maximum Gasteiger partial charge on any atom is 0.338 e. The largest absolute Gasteiger partial charge is 0.459 e. The van der Waals surface area contributed by atoms with Gasteiger partial charge in [0.15, 0.2) is 6.54 Å². The molecule has 3 heterocycles. The molecule has 0 unspecified atom stereocenters. The quantitative estimate of drug-likeness (QED) is 0.597. The number of esters is 1. The first-order valence-electron chi connectivity index (χ1n) is 10.3. The van der Waals surface area contributed by atoms with E-state index in [1.165, 1.54) is 5.56 Å². The van der Waals surface area contributed by atoms with Crippen LogP contribution in [-0.2, 0) is 16.1 Å². The van der Waals surface area contributed by atoms with Gasteiger partial charge < -0.3 is 19.4 Å². The Morgan fingerprint density at radius 2 is 1.64 bits per heavy atom. The number of primary amides is 1. The van der Waals surface area contributed by atoms with E-state index in [-0.39, 0.29) is 23.4 Å². The number of carbonyl (C=O) groups excluding carboxylic acids is 2.